The summed E-state index contributed by atoms with van der Waals surface area (Å²) in [6, 6.07) is -0.0926. The lowest BCUT2D eigenvalue weighted by atomic mass is 10.2. The van der Waals surface area contributed by atoms with Gasteiger partial charge in [-0.3, -0.25) is 4.90 Å². The maximum atomic E-state index is 10.9. The molecule has 0 N–H and O–H groups in total. The molecule has 3 heteroatoms. The molecular formula is C8H11NO2. The monoisotopic (exact) mass is 153 g/mol. The first-order valence-electron chi connectivity index (χ1n) is 3.69. The number of cyclic esters (lactones) is 1. The first-order chi connectivity index (χ1) is 5.29. The Morgan fingerprint density at radius 2 is 2.64 bits per heavy atom. The van der Waals surface area contributed by atoms with E-state index >= 15 is 0 Å². The fourth-order valence-electron chi connectivity index (χ4n) is 1.12. The molecule has 0 bridgehead atoms. The number of amides is 1. The molecule has 0 spiro atoms. The fraction of sp³-hybridized carbons (Fsp3) is 0.625. The molecule has 0 aromatic rings. The van der Waals surface area contributed by atoms with Crippen LogP contribution in [0.3, 0.4) is 0 Å². The zero-order valence-electron chi connectivity index (χ0n) is 6.54. The van der Waals surface area contributed by atoms with E-state index in [1.165, 1.54) is 0 Å². The molecule has 0 saturated carbocycles. The molecule has 0 aliphatic carbocycles. The van der Waals surface area contributed by atoms with Crippen molar-refractivity contribution in [1.82, 2.24) is 4.90 Å². The van der Waals surface area contributed by atoms with Gasteiger partial charge in [0.2, 0.25) is 0 Å². The Bertz CT molecular complexity index is 195. The molecule has 1 rings (SSSR count). The second kappa shape index (κ2) is 3.29. The predicted molar refractivity (Wildman–Crippen MR) is 41.0 cm³/mol. The van der Waals surface area contributed by atoms with Crippen LogP contribution in [0.4, 0.5) is 4.79 Å². The number of rotatable bonds is 2. The Labute approximate surface area is 66.3 Å². The van der Waals surface area contributed by atoms with Crippen molar-refractivity contribution in [3.8, 4) is 12.3 Å². The highest BCUT2D eigenvalue weighted by Gasteiger charge is 2.26. The third-order valence-electron chi connectivity index (χ3n) is 1.75. The lowest BCUT2D eigenvalue weighted by Crippen LogP contribution is -2.34. The zero-order chi connectivity index (χ0) is 8.27. The van der Waals surface area contributed by atoms with Crippen molar-refractivity contribution in [2.75, 3.05) is 13.2 Å². The van der Waals surface area contributed by atoms with Crippen LogP contribution in [0.2, 0.25) is 0 Å². The Hall–Kier alpha value is -1.17. The van der Waals surface area contributed by atoms with E-state index in [2.05, 4.69) is 5.92 Å². The van der Waals surface area contributed by atoms with E-state index in [1.807, 2.05) is 6.92 Å². The third-order valence-corrected chi connectivity index (χ3v) is 1.75. The highest BCUT2D eigenvalue weighted by atomic mass is 16.6. The number of ether oxygens (including phenoxy) is 1. The van der Waals surface area contributed by atoms with Crippen molar-refractivity contribution >= 4 is 6.09 Å². The first kappa shape index (κ1) is 7.93. The SMILES string of the molecule is C#CC(CC)N1CCOC1=O. The summed E-state index contributed by atoms with van der Waals surface area (Å²) >= 11 is 0. The van der Waals surface area contributed by atoms with Crippen LogP contribution in [-0.2, 0) is 4.74 Å². The van der Waals surface area contributed by atoms with Gasteiger partial charge in [-0.1, -0.05) is 12.8 Å². The van der Waals surface area contributed by atoms with Crippen molar-refractivity contribution in [2.24, 2.45) is 0 Å². The second-order valence-corrected chi connectivity index (χ2v) is 2.40. The van der Waals surface area contributed by atoms with E-state index in [0.29, 0.717) is 13.2 Å². The molecule has 1 saturated heterocycles. The molecule has 1 aliphatic rings. The van der Waals surface area contributed by atoms with Gasteiger partial charge in [-0.2, -0.15) is 0 Å². The molecule has 0 aromatic heterocycles. The summed E-state index contributed by atoms with van der Waals surface area (Å²) in [6.45, 7) is 3.05. The molecule has 3 nitrogen and oxygen atoms in total. The average molecular weight is 153 g/mol. The molecule has 60 valence electrons. The number of nitrogens with zero attached hydrogens (tertiary/aromatic N) is 1. The van der Waals surface area contributed by atoms with Gasteiger partial charge < -0.3 is 4.74 Å². The van der Waals surface area contributed by atoms with E-state index in [0.717, 1.165) is 6.42 Å². The zero-order valence-corrected chi connectivity index (χ0v) is 6.54. The van der Waals surface area contributed by atoms with Crippen LogP contribution in [0, 0.1) is 12.3 Å². The Morgan fingerprint density at radius 1 is 1.91 bits per heavy atom. The van der Waals surface area contributed by atoms with E-state index in [9.17, 15) is 4.79 Å². The molecular weight excluding hydrogens is 142 g/mol. The van der Waals surface area contributed by atoms with Crippen LogP contribution in [0.1, 0.15) is 13.3 Å². The normalized spacial score (nSPS) is 19.3. The Morgan fingerprint density at radius 3 is 3.00 bits per heavy atom. The number of terminal acetylenes is 1. The molecule has 1 fully saturated rings. The Balaban J connectivity index is 2.59. The number of hydrogen-bond acceptors (Lipinski definition) is 2. The quantitative estimate of drug-likeness (QED) is 0.550. The fourth-order valence-corrected chi connectivity index (χ4v) is 1.12. The van der Waals surface area contributed by atoms with Crippen molar-refractivity contribution < 1.29 is 9.53 Å². The van der Waals surface area contributed by atoms with Crippen LogP contribution >= 0.6 is 0 Å². The van der Waals surface area contributed by atoms with E-state index in [-0.39, 0.29) is 12.1 Å². The van der Waals surface area contributed by atoms with Crippen LogP contribution in [0.5, 0.6) is 0 Å². The van der Waals surface area contributed by atoms with Crippen molar-refractivity contribution in [3.05, 3.63) is 0 Å². The summed E-state index contributed by atoms with van der Waals surface area (Å²) in [5, 5.41) is 0. The van der Waals surface area contributed by atoms with Crippen LogP contribution < -0.4 is 0 Å². The minimum atomic E-state index is -0.283. The minimum absolute atomic E-state index is 0.0926. The molecule has 1 amide bonds. The molecule has 0 radical (unpaired) electrons. The maximum absolute atomic E-state index is 10.9. The number of carbonyl (C=O) groups excluding carboxylic acids is 1. The van der Waals surface area contributed by atoms with Crippen LogP contribution in [0.25, 0.3) is 0 Å². The third kappa shape index (κ3) is 1.45. The molecule has 11 heavy (non-hydrogen) atoms. The van der Waals surface area contributed by atoms with Gasteiger partial charge in [-0.25, -0.2) is 4.79 Å². The molecule has 1 atom stereocenters. The summed E-state index contributed by atoms with van der Waals surface area (Å²) in [5.41, 5.74) is 0. The molecule has 0 aromatic carbocycles. The molecule has 1 unspecified atom stereocenters. The van der Waals surface area contributed by atoms with Gasteiger partial charge in [0.1, 0.15) is 6.61 Å². The van der Waals surface area contributed by atoms with E-state index in [4.69, 9.17) is 11.2 Å². The van der Waals surface area contributed by atoms with Crippen molar-refractivity contribution in [1.29, 1.82) is 0 Å². The standard InChI is InChI=1S/C8H11NO2/c1-3-7(4-2)9-5-6-11-8(9)10/h1,7H,4-6H2,2H3. The minimum Gasteiger partial charge on any atom is -0.447 e. The number of carbonyl (C=O) groups is 1. The van der Waals surface area contributed by atoms with Crippen molar-refractivity contribution in [3.63, 3.8) is 0 Å². The first-order valence-corrected chi connectivity index (χ1v) is 3.69. The lowest BCUT2D eigenvalue weighted by Gasteiger charge is -2.18. The lowest BCUT2D eigenvalue weighted by molar-refractivity contribution is 0.153. The van der Waals surface area contributed by atoms with Crippen LogP contribution in [-0.4, -0.2) is 30.2 Å². The van der Waals surface area contributed by atoms with Gasteiger partial charge >= 0.3 is 6.09 Å². The summed E-state index contributed by atoms with van der Waals surface area (Å²) in [7, 11) is 0. The Kier molecular flexibility index (Phi) is 2.37. The van der Waals surface area contributed by atoms with Crippen molar-refractivity contribution in [2.45, 2.75) is 19.4 Å². The van der Waals surface area contributed by atoms with Gasteiger partial charge in [-0.15, -0.1) is 6.42 Å². The summed E-state index contributed by atoms with van der Waals surface area (Å²) in [4.78, 5) is 12.5. The molecule has 1 heterocycles. The topological polar surface area (TPSA) is 29.5 Å². The average Bonchev–Trinajstić information content (AvgIpc) is 2.40. The maximum Gasteiger partial charge on any atom is 0.410 e. The van der Waals surface area contributed by atoms with Gasteiger partial charge in [0.05, 0.1) is 12.6 Å². The van der Waals surface area contributed by atoms with Gasteiger partial charge in [0, 0.05) is 0 Å². The van der Waals surface area contributed by atoms with E-state index < -0.39 is 0 Å². The summed E-state index contributed by atoms with van der Waals surface area (Å²) in [5.74, 6) is 2.55. The second-order valence-electron chi connectivity index (χ2n) is 2.40. The highest BCUT2D eigenvalue weighted by molar-refractivity contribution is 5.70. The van der Waals surface area contributed by atoms with Crippen LogP contribution in [0.15, 0.2) is 0 Å². The summed E-state index contributed by atoms with van der Waals surface area (Å²) < 4.78 is 4.74. The summed E-state index contributed by atoms with van der Waals surface area (Å²) in [6.07, 6.45) is 5.73. The predicted octanol–water partition coefficient (Wildman–Crippen LogP) is 0.850. The largest absolute Gasteiger partial charge is 0.447 e. The smallest absolute Gasteiger partial charge is 0.410 e. The van der Waals surface area contributed by atoms with E-state index in [1.54, 1.807) is 4.90 Å². The van der Waals surface area contributed by atoms with Gasteiger partial charge in [0.15, 0.2) is 0 Å². The van der Waals surface area contributed by atoms with Gasteiger partial charge in [-0.05, 0) is 6.42 Å². The number of hydrogen-bond donors (Lipinski definition) is 0. The highest BCUT2D eigenvalue weighted by Crippen LogP contribution is 2.10. The van der Waals surface area contributed by atoms with Gasteiger partial charge in [0.25, 0.3) is 0 Å². The molecule has 1 aliphatic heterocycles.